The van der Waals surface area contributed by atoms with E-state index in [1.54, 1.807) is 49.0 Å². The summed E-state index contributed by atoms with van der Waals surface area (Å²) in [7, 11) is 0. The summed E-state index contributed by atoms with van der Waals surface area (Å²) < 4.78 is 6.90. The first-order valence-corrected chi connectivity index (χ1v) is 8.81. The van der Waals surface area contributed by atoms with Crippen molar-refractivity contribution in [2.24, 2.45) is 0 Å². The van der Waals surface area contributed by atoms with Crippen molar-refractivity contribution in [2.45, 2.75) is 27.7 Å². The predicted molar refractivity (Wildman–Crippen MR) is 103 cm³/mol. The van der Waals surface area contributed by atoms with Crippen LogP contribution in [0, 0.1) is 20.8 Å². The Hall–Kier alpha value is -3.48. The van der Waals surface area contributed by atoms with Crippen LogP contribution in [0.1, 0.15) is 55.1 Å². The van der Waals surface area contributed by atoms with Crippen molar-refractivity contribution in [3.8, 4) is 5.69 Å². The molecule has 2 heterocycles. The lowest BCUT2D eigenvalue weighted by molar-refractivity contribution is 0.0473. The van der Waals surface area contributed by atoms with Gasteiger partial charge >= 0.3 is 5.97 Å². The van der Waals surface area contributed by atoms with Crippen molar-refractivity contribution >= 4 is 17.5 Å². The van der Waals surface area contributed by atoms with Crippen LogP contribution >= 0.6 is 0 Å². The lowest BCUT2D eigenvalue weighted by Crippen LogP contribution is -2.15. The Kier molecular flexibility index (Phi) is 5.26. The minimum absolute atomic E-state index is 0.116. The minimum Gasteiger partial charge on any atom is -0.454 e. The Morgan fingerprint density at radius 2 is 1.75 bits per heavy atom. The molecular weight excluding hydrogens is 358 g/mol. The smallest absolute Gasteiger partial charge is 0.338 e. The van der Waals surface area contributed by atoms with Gasteiger partial charge in [0.1, 0.15) is 0 Å². The fourth-order valence-electron chi connectivity index (χ4n) is 3.22. The molecule has 3 aromatic rings. The number of aromatic amines is 1. The summed E-state index contributed by atoms with van der Waals surface area (Å²) in [6, 6.07) is 8.66. The molecule has 0 unspecified atom stereocenters. The SMILES string of the molecule is CC(=O)c1c(C)[nH]c(C(=O)COC(=O)c2ccc(-n3nccc3C)cc2)c1C. The molecule has 0 saturated carbocycles. The maximum atomic E-state index is 12.4. The number of nitrogens with one attached hydrogen (secondary N) is 1. The Bertz CT molecular complexity index is 1060. The van der Waals surface area contributed by atoms with E-state index in [4.69, 9.17) is 4.74 Å². The standard InChI is InChI=1S/C21H21N3O4/c1-12-9-10-22-24(12)17-7-5-16(6-8-17)21(27)28-11-18(26)20-13(2)19(15(4)25)14(3)23-20/h5-10,23H,11H2,1-4H3. The van der Waals surface area contributed by atoms with Crippen LogP contribution in [0.3, 0.4) is 0 Å². The third-order valence-electron chi connectivity index (χ3n) is 4.58. The number of benzene rings is 1. The molecule has 0 radical (unpaired) electrons. The highest BCUT2D eigenvalue weighted by atomic mass is 16.5. The van der Waals surface area contributed by atoms with Crippen molar-refractivity contribution in [1.82, 2.24) is 14.8 Å². The van der Waals surface area contributed by atoms with Crippen molar-refractivity contribution in [3.05, 3.63) is 70.3 Å². The van der Waals surface area contributed by atoms with Crippen LogP contribution in [0.5, 0.6) is 0 Å². The van der Waals surface area contributed by atoms with Crippen LogP contribution in [0.25, 0.3) is 5.69 Å². The first-order valence-electron chi connectivity index (χ1n) is 8.81. The quantitative estimate of drug-likeness (QED) is 0.523. The van der Waals surface area contributed by atoms with Crippen LogP contribution in [0.4, 0.5) is 0 Å². The van der Waals surface area contributed by atoms with Gasteiger partial charge in [0, 0.05) is 23.1 Å². The maximum absolute atomic E-state index is 12.4. The van der Waals surface area contributed by atoms with Gasteiger partial charge in [-0.2, -0.15) is 5.10 Å². The molecule has 0 spiro atoms. The highest BCUT2D eigenvalue weighted by Crippen LogP contribution is 2.19. The molecule has 0 aliphatic carbocycles. The molecule has 1 aromatic carbocycles. The molecule has 1 N–H and O–H groups in total. The molecule has 0 saturated heterocycles. The highest BCUT2D eigenvalue weighted by Gasteiger charge is 2.21. The Morgan fingerprint density at radius 1 is 1.07 bits per heavy atom. The number of Topliss-reactive ketones (excluding diaryl/α,β-unsaturated/α-hetero) is 2. The van der Waals surface area contributed by atoms with Crippen LogP contribution in [-0.4, -0.2) is 38.9 Å². The molecule has 0 atom stereocenters. The molecule has 0 aliphatic heterocycles. The summed E-state index contributed by atoms with van der Waals surface area (Å²) in [5.74, 6) is -1.09. The largest absolute Gasteiger partial charge is 0.454 e. The van der Waals surface area contributed by atoms with Gasteiger partial charge in [0.2, 0.25) is 5.78 Å². The van der Waals surface area contributed by atoms with Crippen LogP contribution in [0.15, 0.2) is 36.5 Å². The molecule has 7 heteroatoms. The molecule has 0 amide bonds. The monoisotopic (exact) mass is 379 g/mol. The normalized spacial score (nSPS) is 10.7. The topological polar surface area (TPSA) is 94.0 Å². The van der Waals surface area contributed by atoms with E-state index < -0.39 is 12.6 Å². The zero-order chi connectivity index (χ0) is 20.4. The Morgan fingerprint density at radius 3 is 2.29 bits per heavy atom. The van der Waals surface area contributed by atoms with Crippen LogP contribution in [-0.2, 0) is 4.74 Å². The van der Waals surface area contributed by atoms with E-state index in [1.165, 1.54) is 6.92 Å². The first kappa shape index (κ1) is 19.3. The van der Waals surface area contributed by atoms with Gasteiger partial charge in [-0.15, -0.1) is 0 Å². The predicted octanol–water partition coefficient (Wildman–Crippen LogP) is 3.37. The van der Waals surface area contributed by atoms with Gasteiger partial charge in [-0.1, -0.05) is 0 Å². The van der Waals surface area contributed by atoms with Gasteiger partial charge in [0.25, 0.3) is 0 Å². The van der Waals surface area contributed by atoms with Gasteiger partial charge in [0.15, 0.2) is 12.4 Å². The van der Waals surface area contributed by atoms with Crippen molar-refractivity contribution in [1.29, 1.82) is 0 Å². The second-order valence-electron chi connectivity index (χ2n) is 6.61. The number of aryl methyl sites for hydroxylation is 2. The number of esters is 1. The van der Waals surface area contributed by atoms with Gasteiger partial charge in [-0.05, 0) is 63.6 Å². The number of ether oxygens (including phenoxy) is 1. The lowest BCUT2D eigenvalue weighted by Gasteiger charge is -2.07. The summed E-state index contributed by atoms with van der Waals surface area (Å²) in [5.41, 5.74) is 4.13. The zero-order valence-corrected chi connectivity index (χ0v) is 16.2. The van der Waals surface area contributed by atoms with Gasteiger partial charge < -0.3 is 9.72 Å². The summed E-state index contributed by atoms with van der Waals surface area (Å²) in [6.07, 6.45) is 1.70. The molecule has 7 nitrogen and oxygen atoms in total. The molecule has 3 rings (SSSR count). The Labute approximate surface area is 162 Å². The maximum Gasteiger partial charge on any atom is 0.338 e. The van der Waals surface area contributed by atoms with Crippen molar-refractivity contribution in [2.75, 3.05) is 6.61 Å². The third-order valence-corrected chi connectivity index (χ3v) is 4.58. The number of hydrogen-bond donors (Lipinski definition) is 1. The van der Waals surface area contributed by atoms with Gasteiger partial charge in [0.05, 0.1) is 16.9 Å². The van der Waals surface area contributed by atoms with Crippen LogP contribution in [0.2, 0.25) is 0 Å². The van der Waals surface area contributed by atoms with E-state index in [-0.39, 0.29) is 11.6 Å². The number of hydrogen-bond acceptors (Lipinski definition) is 5. The fraction of sp³-hybridized carbons (Fsp3) is 0.238. The summed E-state index contributed by atoms with van der Waals surface area (Å²) >= 11 is 0. The highest BCUT2D eigenvalue weighted by molar-refractivity contribution is 6.04. The molecule has 0 aliphatic rings. The number of carbonyl (C=O) groups excluding carboxylic acids is 3. The number of H-pyrrole nitrogens is 1. The number of aromatic nitrogens is 3. The summed E-state index contributed by atoms with van der Waals surface area (Å²) in [5, 5.41) is 4.21. The van der Waals surface area contributed by atoms with E-state index in [0.29, 0.717) is 28.1 Å². The van der Waals surface area contributed by atoms with E-state index >= 15 is 0 Å². The number of rotatable bonds is 6. The van der Waals surface area contributed by atoms with E-state index in [1.807, 2.05) is 13.0 Å². The molecule has 0 bridgehead atoms. The number of nitrogens with zero attached hydrogens (tertiary/aromatic N) is 2. The van der Waals surface area contributed by atoms with Gasteiger partial charge in [-0.25, -0.2) is 9.48 Å². The fourth-order valence-corrected chi connectivity index (χ4v) is 3.22. The van der Waals surface area contributed by atoms with Gasteiger partial charge in [-0.3, -0.25) is 9.59 Å². The summed E-state index contributed by atoms with van der Waals surface area (Å²) in [6.45, 7) is 6.41. The number of carbonyl (C=O) groups is 3. The first-order chi connectivity index (χ1) is 13.3. The van der Waals surface area contributed by atoms with E-state index in [2.05, 4.69) is 10.1 Å². The van der Waals surface area contributed by atoms with Crippen molar-refractivity contribution < 1.29 is 19.1 Å². The average molecular weight is 379 g/mol. The minimum atomic E-state index is -0.593. The lowest BCUT2D eigenvalue weighted by atomic mass is 10.1. The zero-order valence-electron chi connectivity index (χ0n) is 16.2. The molecule has 144 valence electrons. The van der Waals surface area contributed by atoms with Crippen molar-refractivity contribution in [3.63, 3.8) is 0 Å². The molecule has 2 aromatic heterocycles. The Balaban J connectivity index is 1.67. The summed E-state index contributed by atoms with van der Waals surface area (Å²) in [4.78, 5) is 39.3. The van der Waals surface area contributed by atoms with E-state index in [0.717, 1.165) is 11.4 Å². The molecule has 28 heavy (non-hydrogen) atoms. The average Bonchev–Trinajstić information content (AvgIpc) is 3.22. The third kappa shape index (κ3) is 3.64. The van der Waals surface area contributed by atoms with E-state index in [9.17, 15) is 14.4 Å². The second kappa shape index (κ2) is 7.64. The molecule has 0 fully saturated rings. The number of ketones is 2. The second-order valence-corrected chi connectivity index (χ2v) is 6.61. The van der Waals surface area contributed by atoms with Crippen LogP contribution < -0.4 is 0 Å². The molecular formula is C21H21N3O4.